The molecular formula is C22H25NO7. The van der Waals surface area contributed by atoms with E-state index >= 15 is 0 Å². The Labute approximate surface area is 174 Å². The largest absolute Gasteiger partial charge is 0.465 e. The number of ether oxygens (including phenoxy) is 3. The van der Waals surface area contributed by atoms with Crippen LogP contribution in [0.1, 0.15) is 46.2 Å². The van der Waals surface area contributed by atoms with Crippen molar-refractivity contribution in [3.8, 4) is 11.5 Å². The first-order valence-corrected chi connectivity index (χ1v) is 9.35. The zero-order valence-corrected chi connectivity index (χ0v) is 17.3. The van der Waals surface area contributed by atoms with Crippen LogP contribution in [0.3, 0.4) is 0 Å². The third-order valence-electron chi connectivity index (χ3n) is 4.18. The Hall–Kier alpha value is -3.23. The average molecular weight is 415 g/mol. The molecule has 2 aromatic rings. The van der Waals surface area contributed by atoms with Gasteiger partial charge in [-0.2, -0.15) is 0 Å². The highest BCUT2D eigenvalue weighted by molar-refractivity contribution is 5.94. The van der Waals surface area contributed by atoms with E-state index in [0.717, 1.165) is 0 Å². The minimum atomic E-state index is -0.831. The summed E-state index contributed by atoms with van der Waals surface area (Å²) in [6.07, 6.45) is -0.831. The highest BCUT2D eigenvalue weighted by atomic mass is 16.6. The summed E-state index contributed by atoms with van der Waals surface area (Å²) in [6, 6.07) is 10.2. The van der Waals surface area contributed by atoms with Crippen molar-refractivity contribution in [2.75, 3.05) is 20.7 Å². The number of benzene rings is 2. The van der Waals surface area contributed by atoms with Gasteiger partial charge in [0.25, 0.3) is 0 Å². The van der Waals surface area contributed by atoms with E-state index in [0.29, 0.717) is 17.7 Å². The first kappa shape index (κ1) is 23.1. The molecule has 2 rings (SSSR count). The van der Waals surface area contributed by atoms with Gasteiger partial charge < -0.3 is 24.6 Å². The van der Waals surface area contributed by atoms with E-state index in [1.54, 1.807) is 27.0 Å². The lowest BCUT2D eigenvalue weighted by atomic mass is 10.1. The van der Waals surface area contributed by atoms with Crippen molar-refractivity contribution < 1.29 is 33.7 Å². The molecule has 0 heterocycles. The molecule has 0 fully saturated rings. The average Bonchev–Trinajstić information content (AvgIpc) is 2.74. The first-order chi connectivity index (χ1) is 14.3. The summed E-state index contributed by atoms with van der Waals surface area (Å²) in [5.41, 5.74) is 0.990. The molecule has 0 aliphatic carbocycles. The Bertz CT molecular complexity index is 906. The van der Waals surface area contributed by atoms with Crippen LogP contribution in [0.4, 0.5) is 0 Å². The number of likely N-dealkylation sites (N-methyl/N-ethyl adjacent to an activating group) is 1. The summed E-state index contributed by atoms with van der Waals surface area (Å²) in [5, 5.41) is 13.0. The summed E-state index contributed by atoms with van der Waals surface area (Å²) < 4.78 is 15.4. The van der Waals surface area contributed by atoms with Gasteiger partial charge in [-0.15, -0.1) is 0 Å². The maximum Gasteiger partial charge on any atom is 0.343 e. The van der Waals surface area contributed by atoms with Crippen LogP contribution >= 0.6 is 0 Å². The molecule has 0 spiro atoms. The second-order valence-corrected chi connectivity index (χ2v) is 6.81. The Balaban J connectivity index is 2.28. The summed E-state index contributed by atoms with van der Waals surface area (Å²) in [5.74, 6) is -2.06. The number of aliphatic hydroxyl groups excluding tert-OH is 1. The first-order valence-electron chi connectivity index (χ1n) is 9.35. The Morgan fingerprint density at radius 3 is 2.07 bits per heavy atom. The third kappa shape index (κ3) is 5.88. The topological polar surface area (TPSA) is 111 Å². The van der Waals surface area contributed by atoms with Crippen LogP contribution in [0.15, 0.2) is 42.5 Å². The molecule has 1 unspecified atom stereocenters. The zero-order chi connectivity index (χ0) is 22.3. The molecule has 8 nitrogen and oxygen atoms in total. The van der Waals surface area contributed by atoms with E-state index in [1.165, 1.54) is 43.5 Å². The Kier molecular flexibility index (Phi) is 8.08. The standard InChI is InChI=1S/C22H25NO7/c1-13(2)20(25)30-19-11-16(17(24)12-23-3)9-10-18(19)29-22(27)15-7-5-14(6-8-15)21(26)28-4/h5-11,13,17,23-24H,12H2,1-4H3. The van der Waals surface area contributed by atoms with Gasteiger partial charge in [-0.3, -0.25) is 4.79 Å². The SMILES string of the molecule is CNCC(O)c1ccc(OC(=O)c2ccc(C(=O)OC)cc2)c(OC(=O)C(C)C)c1. The Morgan fingerprint density at radius 1 is 0.933 bits per heavy atom. The third-order valence-corrected chi connectivity index (χ3v) is 4.18. The van der Waals surface area contributed by atoms with Gasteiger partial charge in [-0.05, 0) is 49.0 Å². The molecule has 0 saturated carbocycles. The number of carbonyl (C=O) groups excluding carboxylic acids is 3. The van der Waals surface area contributed by atoms with Crippen LogP contribution in [-0.2, 0) is 9.53 Å². The van der Waals surface area contributed by atoms with Gasteiger partial charge in [0.15, 0.2) is 11.5 Å². The van der Waals surface area contributed by atoms with Crippen LogP contribution < -0.4 is 14.8 Å². The van der Waals surface area contributed by atoms with Crippen molar-refractivity contribution >= 4 is 17.9 Å². The van der Waals surface area contributed by atoms with Crippen molar-refractivity contribution in [2.24, 2.45) is 5.92 Å². The van der Waals surface area contributed by atoms with E-state index in [-0.39, 0.29) is 17.1 Å². The van der Waals surface area contributed by atoms with Crippen molar-refractivity contribution in [1.82, 2.24) is 5.32 Å². The smallest absolute Gasteiger partial charge is 0.343 e. The van der Waals surface area contributed by atoms with Crippen LogP contribution in [-0.4, -0.2) is 43.7 Å². The van der Waals surface area contributed by atoms with E-state index in [9.17, 15) is 19.5 Å². The van der Waals surface area contributed by atoms with E-state index in [4.69, 9.17) is 9.47 Å². The summed E-state index contributed by atoms with van der Waals surface area (Å²) in [4.78, 5) is 36.1. The second-order valence-electron chi connectivity index (χ2n) is 6.81. The molecule has 0 aliphatic heterocycles. The number of hydrogen-bond acceptors (Lipinski definition) is 8. The lowest BCUT2D eigenvalue weighted by Crippen LogP contribution is -2.19. The molecule has 30 heavy (non-hydrogen) atoms. The number of aliphatic hydroxyl groups is 1. The lowest BCUT2D eigenvalue weighted by molar-refractivity contribution is -0.137. The highest BCUT2D eigenvalue weighted by Crippen LogP contribution is 2.32. The maximum absolute atomic E-state index is 12.5. The molecule has 0 amide bonds. The second kappa shape index (κ2) is 10.5. The molecule has 2 N–H and O–H groups in total. The van der Waals surface area contributed by atoms with Gasteiger partial charge >= 0.3 is 17.9 Å². The molecule has 0 aromatic heterocycles. The lowest BCUT2D eigenvalue weighted by Gasteiger charge is -2.16. The predicted molar refractivity (Wildman–Crippen MR) is 109 cm³/mol. The zero-order valence-electron chi connectivity index (χ0n) is 17.3. The number of rotatable bonds is 8. The van der Waals surface area contributed by atoms with Crippen molar-refractivity contribution in [1.29, 1.82) is 0 Å². The molecule has 2 aromatic carbocycles. The minimum Gasteiger partial charge on any atom is -0.465 e. The van der Waals surface area contributed by atoms with Crippen LogP contribution in [0, 0.1) is 5.92 Å². The van der Waals surface area contributed by atoms with Gasteiger partial charge in [-0.1, -0.05) is 19.9 Å². The number of esters is 3. The van der Waals surface area contributed by atoms with Crippen molar-refractivity contribution in [3.05, 3.63) is 59.2 Å². The minimum absolute atomic E-state index is 0.0286. The molecule has 0 saturated heterocycles. The quantitative estimate of drug-likeness (QED) is 0.500. The van der Waals surface area contributed by atoms with Crippen LogP contribution in [0.5, 0.6) is 11.5 Å². The number of carbonyl (C=O) groups is 3. The van der Waals surface area contributed by atoms with Crippen molar-refractivity contribution in [3.63, 3.8) is 0 Å². The van der Waals surface area contributed by atoms with E-state index in [2.05, 4.69) is 10.1 Å². The maximum atomic E-state index is 12.5. The monoisotopic (exact) mass is 415 g/mol. The number of nitrogens with one attached hydrogen (secondary N) is 1. The fraction of sp³-hybridized carbons (Fsp3) is 0.318. The van der Waals surface area contributed by atoms with Crippen LogP contribution in [0.2, 0.25) is 0 Å². The summed E-state index contributed by atoms with van der Waals surface area (Å²) in [6.45, 7) is 3.65. The molecule has 1 atom stereocenters. The van der Waals surface area contributed by atoms with Gasteiger partial charge in [0.2, 0.25) is 0 Å². The highest BCUT2D eigenvalue weighted by Gasteiger charge is 2.19. The molecule has 0 radical (unpaired) electrons. The van der Waals surface area contributed by atoms with Crippen molar-refractivity contribution in [2.45, 2.75) is 20.0 Å². The van der Waals surface area contributed by atoms with E-state index in [1.807, 2.05) is 0 Å². The number of methoxy groups -OCH3 is 1. The molecule has 8 heteroatoms. The predicted octanol–water partition coefficient (Wildman–Crippen LogP) is 2.51. The van der Waals surface area contributed by atoms with Gasteiger partial charge in [0.05, 0.1) is 30.3 Å². The number of hydrogen-bond donors (Lipinski definition) is 2. The molecule has 160 valence electrons. The van der Waals surface area contributed by atoms with Gasteiger partial charge in [-0.25, -0.2) is 9.59 Å². The summed E-state index contributed by atoms with van der Waals surface area (Å²) >= 11 is 0. The Morgan fingerprint density at radius 2 is 1.53 bits per heavy atom. The normalized spacial score (nSPS) is 11.7. The fourth-order valence-corrected chi connectivity index (χ4v) is 2.45. The summed E-state index contributed by atoms with van der Waals surface area (Å²) in [7, 11) is 2.96. The van der Waals surface area contributed by atoms with Gasteiger partial charge in [0, 0.05) is 6.54 Å². The molecule has 0 aliphatic rings. The van der Waals surface area contributed by atoms with Gasteiger partial charge in [0.1, 0.15) is 0 Å². The molecular weight excluding hydrogens is 390 g/mol. The fourth-order valence-electron chi connectivity index (χ4n) is 2.45. The molecule has 0 bridgehead atoms. The van der Waals surface area contributed by atoms with E-state index < -0.39 is 29.9 Å². The van der Waals surface area contributed by atoms with Crippen LogP contribution in [0.25, 0.3) is 0 Å².